The van der Waals surface area contributed by atoms with Crippen LogP contribution in [-0.4, -0.2) is 148 Å². The number of aliphatic hydroxyl groups excluding tert-OH is 1. The zero-order chi connectivity index (χ0) is 51.0. The molecule has 2 saturated heterocycles. The number of carboxylic acids is 1. The zero-order valence-corrected chi connectivity index (χ0v) is 40.0. The van der Waals surface area contributed by atoms with Gasteiger partial charge >= 0.3 is 5.97 Å². The number of rotatable bonds is 16. The summed E-state index contributed by atoms with van der Waals surface area (Å²) in [6.07, 6.45) is 3.89. The molecule has 1 saturated carbocycles. The first-order valence-corrected chi connectivity index (χ1v) is 24.4. The SMILES string of the molecule is CC(=O)N[C@H]1C[C@H]2C(=O)N[C@H](CC3CCC(O)CC3)C(=O)N[C@@H](Cc3c[nH]c4ccccc34)C(=O)N[C@@H](CCCN=C(N)N)C(=O)NCCC[C@H](NC(=O)C(Cc3ccccc3)NCC(=O)O)C(=O)N2C1. The van der Waals surface area contributed by atoms with Crippen LogP contribution in [0.3, 0.4) is 0 Å². The topological polar surface area (TPSA) is 345 Å². The number of aliphatic carboxylic acids is 1. The first-order chi connectivity index (χ1) is 34.0. The molecule has 7 amide bonds. The summed E-state index contributed by atoms with van der Waals surface area (Å²) in [5, 5.41) is 40.5. The van der Waals surface area contributed by atoms with E-state index in [2.05, 4.69) is 47.2 Å². The van der Waals surface area contributed by atoms with Crippen molar-refractivity contribution in [2.45, 2.75) is 132 Å². The number of nitrogens with zero attached hydrogens (tertiary/aromatic N) is 2. The van der Waals surface area contributed by atoms with Crippen LogP contribution >= 0.6 is 0 Å². The number of para-hydroxylation sites is 1. The highest BCUT2D eigenvalue weighted by Gasteiger charge is 2.44. The molecule has 0 spiro atoms. The lowest BCUT2D eigenvalue weighted by atomic mass is 9.83. The summed E-state index contributed by atoms with van der Waals surface area (Å²) >= 11 is 0. The van der Waals surface area contributed by atoms with Gasteiger partial charge in [-0.05, 0) is 93.7 Å². The lowest BCUT2D eigenvalue weighted by molar-refractivity contribution is -0.143. The highest BCUT2D eigenvalue weighted by Crippen LogP contribution is 2.29. The maximum Gasteiger partial charge on any atom is 0.317 e. The molecule has 6 rings (SSSR count). The van der Waals surface area contributed by atoms with Crippen molar-refractivity contribution >= 4 is 64.2 Å². The number of amides is 7. The van der Waals surface area contributed by atoms with Crippen molar-refractivity contribution in [3.8, 4) is 0 Å². The van der Waals surface area contributed by atoms with Crippen LogP contribution in [0.2, 0.25) is 0 Å². The average molecular weight is 985 g/mol. The van der Waals surface area contributed by atoms with E-state index in [9.17, 15) is 48.6 Å². The number of guanidine groups is 1. The van der Waals surface area contributed by atoms with Gasteiger partial charge in [0.25, 0.3) is 0 Å². The molecule has 0 bridgehead atoms. The van der Waals surface area contributed by atoms with E-state index in [-0.39, 0.29) is 82.9 Å². The maximum absolute atomic E-state index is 14.9. The van der Waals surface area contributed by atoms with Gasteiger partial charge in [-0.1, -0.05) is 48.5 Å². The maximum atomic E-state index is 14.9. The number of nitrogens with one attached hydrogen (secondary N) is 8. The van der Waals surface area contributed by atoms with Crippen molar-refractivity contribution in [1.82, 2.24) is 47.1 Å². The molecule has 3 heterocycles. The van der Waals surface area contributed by atoms with Crippen LogP contribution < -0.4 is 48.7 Å². The van der Waals surface area contributed by atoms with E-state index >= 15 is 0 Å². The zero-order valence-electron chi connectivity index (χ0n) is 40.0. The molecule has 3 aliphatic rings. The van der Waals surface area contributed by atoms with E-state index in [1.807, 2.05) is 24.3 Å². The second kappa shape index (κ2) is 25.7. The number of H-pyrrole nitrogens is 1. The number of hydrogen-bond donors (Lipinski definition) is 12. The van der Waals surface area contributed by atoms with Gasteiger partial charge in [-0.25, -0.2) is 0 Å². The first-order valence-electron chi connectivity index (χ1n) is 24.4. The third kappa shape index (κ3) is 15.7. The summed E-state index contributed by atoms with van der Waals surface area (Å²) in [4.78, 5) is 120. The molecule has 384 valence electrons. The highest BCUT2D eigenvalue weighted by molar-refractivity contribution is 5.98. The molecule has 1 unspecified atom stereocenters. The summed E-state index contributed by atoms with van der Waals surface area (Å²) in [5.41, 5.74) is 13.3. The minimum atomic E-state index is -1.32. The number of nitrogens with two attached hydrogens (primary N) is 2. The fourth-order valence-electron chi connectivity index (χ4n) is 9.67. The van der Waals surface area contributed by atoms with Crippen molar-refractivity contribution in [2.24, 2.45) is 22.4 Å². The normalized spacial score (nSPS) is 25.3. The van der Waals surface area contributed by atoms with Crippen LogP contribution in [0.15, 0.2) is 65.8 Å². The number of carbonyl (C=O) groups is 8. The molecular formula is C49H68N12O10. The molecule has 3 aromatic rings. The predicted molar refractivity (Wildman–Crippen MR) is 262 cm³/mol. The largest absolute Gasteiger partial charge is 0.480 e. The summed E-state index contributed by atoms with van der Waals surface area (Å²) in [6.45, 7) is 0.728. The molecule has 1 aliphatic carbocycles. The number of aromatic amines is 1. The van der Waals surface area contributed by atoms with Gasteiger partial charge in [-0.2, -0.15) is 0 Å². The molecule has 7 atom stereocenters. The number of aliphatic hydroxyl groups is 1. The van der Waals surface area contributed by atoms with Gasteiger partial charge in [0.15, 0.2) is 5.96 Å². The van der Waals surface area contributed by atoms with Gasteiger partial charge < -0.3 is 63.5 Å². The van der Waals surface area contributed by atoms with Gasteiger partial charge in [0.05, 0.1) is 18.7 Å². The molecule has 0 radical (unpaired) electrons. The Kier molecular flexibility index (Phi) is 19.3. The minimum absolute atomic E-state index is 0.00530. The van der Waals surface area contributed by atoms with Crippen molar-refractivity contribution in [1.29, 1.82) is 0 Å². The van der Waals surface area contributed by atoms with E-state index in [1.54, 1.807) is 36.5 Å². The molecule has 2 aromatic carbocycles. The molecule has 22 nitrogen and oxygen atoms in total. The summed E-state index contributed by atoms with van der Waals surface area (Å²) in [7, 11) is 0. The monoisotopic (exact) mass is 985 g/mol. The molecule has 2 aliphatic heterocycles. The number of hydrogen-bond acceptors (Lipinski definition) is 11. The third-order valence-electron chi connectivity index (χ3n) is 13.3. The van der Waals surface area contributed by atoms with E-state index in [4.69, 9.17) is 11.5 Å². The molecular weight excluding hydrogens is 917 g/mol. The van der Waals surface area contributed by atoms with Gasteiger partial charge in [0.2, 0.25) is 41.4 Å². The van der Waals surface area contributed by atoms with Gasteiger partial charge in [0.1, 0.15) is 30.2 Å². The fraction of sp³-hybridized carbons (Fsp3) is 0.531. The quantitative estimate of drug-likeness (QED) is 0.0464. The van der Waals surface area contributed by atoms with E-state index in [0.717, 1.165) is 10.9 Å². The number of fused-ring (bicyclic) bond motifs is 2. The average Bonchev–Trinajstić information content (AvgIpc) is 3.95. The van der Waals surface area contributed by atoms with E-state index < -0.39 is 102 Å². The third-order valence-corrected chi connectivity index (χ3v) is 13.3. The fourth-order valence-corrected chi connectivity index (χ4v) is 9.67. The van der Waals surface area contributed by atoms with Crippen LogP contribution in [0.5, 0.6) is 0 Å². The van der Waals surface area contributed by atoms with Crippen molar-refractivity contribution in [3.05, 3.63) is 71.9 Å². The Labute approximate surface area is 411 Å². The van der Waals surface area contributed by atoms with Crippen LogP contribution in [0.4, 0.5) is 0 Å². The Balaban J connectivity index is 1.36. The Hall–Kier alpha value is -7.07. The van der Waals surface area contributed by atoms with Crippen LogP contribution in [0.1, 0.15) is 82.3 Å². The molecule has 1 aromatic heterocycles. The van der Waals surface area contributed by atoms with E-state index in [1.165, 1.54) is 11.8 Å². The van der Waals surface area contributed by atoms with Gasteiger partial charge in [-0.3, -0.25) is 48.7 Å². The molecule has 3 fully saturated rings. The number of carbonyl (C=O) groups excluding carboxylic acids is 7. The number of carboxylic acid groups (broad SMARTS) is 1. The van der Waals surface area contributed by atoms with Crippen LogP contribution in [0.25, 0.3) is 10.9 Å². The lowest BCUT2D eigenvalue weighted by Gasteiger charge is -2.33. The summed E-state index contributed by atoms with van der Waals surface area (Å²) in [6, 6.07) is 8.32. The second-order valence-electron chi connectivity index (χ2n) is 18.8. The molecule has 71 heavy (non-hydrogen) atoms. The van der Waals surface area contributed by atoms with Crippen molar-refractivity contribution < 1.29 is 48.6 Å². The minimum Gasteiger partial charge on any atom is -0.480 e. The Bertz CT molecular complexity index is 2380. The standard InChI is InChI=1S/C49H68N12O10/c1-28(62)56-32-24-41-47(70)60-39(22-30-15-17-33(63)18-16-30)45(68)59-40(23-31-25-54-35-12-6-5-11-34(31)35)46(69)57-36(13-7-20-53-49(50)51)43(66)52-19-8-14-37(48(71)61(41)27-32)58-44(67)38(55-26-42(64)65)21-29-9-3-2-4-10-29/h2-6,9-12,25,30,32-33,36-41,54-55,63H,7-8,13-24,26-27H2,1H3,(H,52,66)(H,56,62)(H,57,69)(H,58,67)(H,59,68)(H,60,70)(H,64,65)(H4,50,51,53)/t30?,32-,33?,36-,37-,38?,39+,40-,41-/m0/s1. The summed E-state index contributed by atoms with van der Waals surface area (Å²) in [5.74, 6) is -5.91. The smallest absolute Gasteiger partial charge is 0.317 e. The van der Waals surface area contributed by atoms with Crippen LogP contribution in [-0.2, 0) is 51.2 Å². The van der Waals surface area contributed by atoms with Crippen molar-refractivity contribution in [2.75, 3.05) is 26.2 Å². The van der Waals surface area contributed by atoms with Crippen molar-refractivity contribution in [3.63, 3.8) is 0 Å². The van der Waals surface area contributed by atoms with Gasteiger partial charge in [-0.15, -0.1) is 0 Å². The molecule has 14 N–H and O–H groups in total. The Morgan fingerprint density at radius 3 is 2.25 bits per heavy atom. The van der Waals surface area contributed by atoms with Crippen LogP contribution in [0, 0.1) is 5.92 Å². The highest BCUT2D eigenvalue weighted by atomic mass is 16.4. The number of aromatic nitrogens is 1. The number of benzene rings is 2. The number of aliphatic imine (C=N–C) groups is 1. The Morgan fingerprint density at radius 1 is 0.845 bits per heavy atom. The molecule has 22 heteroatoms. The first kappa shape index (κ1) is 53.3. The lowest BCUT2D eigenvalue weighted by Crippen LogP contribution is -2.60. The van der Waals surface area contributed by atoms with E-state index in [0.29, 0.717) is 36.8 Å². The van der Waals surface area contributed by atoms with Gasteiger partial charge in [0, 0.05) is 56.1 Å². The predicted octanol–water partition coefficient (Wildman–Crippen LogP) is -1.05. The second-order valence-corrected chi connectivity index (χ2v) is 18.8. The summed E-state index contributed by atoms with van der Waals surface area (Å²) < 4.78 is 0. The Morgan fingerprint density at radius 2 is 1.54 bits per heavy atom.